The molecule has 7 nitrogen and oxygen atoms in total. The van der Waals surface area contributed by atoms with Gasteiger partial charge in [0.15, 0.2) is 5.82 Å². The van der Waals surface area contributed by atoms with Crippen LogP contribution >= 0.6 is 0 Å². The van der Waals surface area contributed by atoms with Gasteiger partial charge in [0.1, 0.15) is 17.6 Å². The number of fused-ring (bicyclic) bond motifs is 1. The number of hydrogen-bond donors (Lipinski definition) is 1. The highest BCUT2D eigenvalue weighted by Gasteiger charge is 2.33. The number of hydrogen-bond acceptors (Lipinski definition) is 6. The molecule has 2 aromatic heterocycles. The van der Waals surface area contributed by atoms with Crippen LogP contribution in [0.15, 0.2) is 24.4 Å². The van der Waals surface area contributed by atoms with Gasteiger partial charge in [-0.2, -0.15) is 0 Å². The van der Waals surface area contributed by atoms with Crippen molar-refractivity contribution in [1.29, 1.82) is 0 Å². The third kappa shape index (κ3) is 6.75. The number of unbranched alkanes of at least 4 members (excludes halogenated alkanes) is 1. The second kappa shape index (κ2) is 10.8. The number of likely N-dealkylation sites (N-methyl/N-ethyl adjacent to an activating group) is 1. The minimum atomic E-state index is -0.517. The van der Waals surface area contributed by atoms with E-state index in [2.05, 4.69) is 31.1 Å². The summed E-state index contributed by atoms with van der Waals surface area (Å²) in [6.07, 6.45) is 7.77. The molecule has 186 valence electrons. The van der Waals surface area contributed by atoms with Gasteiger partial charge in [0.05, 0.1) is 12.2 Å². The predicted molar refractivity (Wildman–Crippen MR) is 137 cm³/mol. The van der Waals surface area contributed by atoms with E-state index >= 15 is 0 Å². The molecule has 1 amide bonds. The highest BCUT2D eigenvalue weighted by atomic mass is 16.5. The van der Waals surface area contributed by atoms with Crippen molar-refractivity contribution in [3.05, 3.63) is 35.7 Å². The fourth-order valence-electron chi connectivity index (χ4n) is 4.26. The number of nitrogens with zero attached hydrogens (tertiary/aromatic N) is 4. The summed E-state index contributed by atoms with van der Waals surface area (Å²) in [6.45, 7) is 12.7. The summed E-state index contributed by atoms with van der Waals surface area (Å²) in [5.41, 5.74) is 2.27. The normalized spacial score (nSPS) is 14.6. The van der Waals surface area contributed by atoms with Crippen LogP contribution in [0.3, 0.4) is 0 Å². The smallest absolute Gasteiger partial charge is 0.245 e. The lowest BCUT2D eigenvalue weighted by Crippen LogP contribution is -2.54. The van der Waals surface area contributed by atoms with E-state index in [9.17, 15) is 4.79 Å². The summed E-state index contributed by atoms with van der Waals surface area (Å²) in [5, 5.41) is 3.15. The standard InChI is InChI=1S/C27H41N5O2/c1-8-9-16-27(5,6)34-18-22(25(33)31-26(2,3)4)32(7)24-19-13-12-15-20(19)29-23(30-24)21-14-10-11-17-28-21/h10-11,14,17,22H,8-9,12-13,15-16,18H2,1-7H3,(H,31,33)/t22-/m1/s1. The average molecular weight is 468 g/mol. The Morgan fingerprint density at radius 1 is 1.18 bits per heavy atom. The molecule has 0 aliphatic heterocycles. The summed E-state index contributed by atoms with van der Waals surface area (Å²) in [7, 11) is 1.94. The minimum Gasteiger partial charge on any atom is -0.373 e. The quantitative estimate of drug-likeness (QED) is 0.544. The molecule has 2 heterocycles. The molecule has 0 aromatic carbocycles. The van der Waals surface area contributed by atoms with E-state index < -0.39 is 6.04 Å². The van der Waals surface area contributed by atoms with Gasteiger partial charge in [0.25, 0.3) is 0 Å². The maximum absolute atomic E-state index is 13.5. The average Bonchev–Trinajstić information content (AvgIpc) is 3.25. The first kappa shape index (κ1) is 26.1. The van der Waals surface area contributed by atoms with Gasteiger partial charge in [0.2, 0.25) is 5.91 Å². The summed E-state index contributed by atoms with van der Waals surface area (Å²) in [4.78, 5) is 29.6. The molecule has 1 atom stereocenters. The summed E-state index contributed by atoms with van der Waals surface area (Å²) in [6, 6.07) is 5.22. The largest absolute Gasteiger partial charge is 0.373 e. The van der Waals surface area contributed by atoms with Crippen molar-refractivity contribution in [2.75, 3.05) is 18.6 Å². The minimum absolute atomic E-state index is 0.0639. The molecule has 34 heavy (non-hydrogen) atoms. The number of carbonyl (C=O) groups is 1. The fraction of sp³-hybridized carbons (Fsp3) is 0.630. The number of pyridine rings is 1. The van der Waals surface area contributed by atoms with Crippen molar-refractivity contribution >= 4 is 11.7 Å². The van der Waals surface area contributed by atoms with Gasteiger partial charge in [-0.1, -0.05) is 25.8 Å². The number of ether oxygens (including phenoxy) is 1. The third-order valence-corrected chi connectivity index (χ3v) is 6.17. The van der Waals surface area contributed by atoms with E-state index in [-0.39, 0.29) is 23.7 Å². The number of anilines is 1. The summed E-state index contributed by atoms with van der Waals surface area (Å²) < 4.78 is 6.35. The SMILES string of the molecule is CCCCC(C)(C)OC[C@H](C(=O)NC(C)(C)C)N(C)c1nc(-c2ccccn2)nc2c1CCC2. The Morgan fingerprint density at radius 3 is 2.59 bits per heavy atom. The van der Waals surface area contributed by atoms with Crippen molar-refractivity contribution in [3.63, 3.8) is 0 Å². The van der Waals surface area contributed by atoms with Crippen molar-refractivity contribution in [2.45, 2.75) is 97.2 Å². The maximum atomic E-state index is 13.5. The van der Waals surface area contributed by atoms with Crippen molar-refractivity contribution in [1.82, 2.24) is 20.3 Å². The first-order chi connectivity index (χ1) is 16.0. The van der Waals surface area contributed by atoms with E-state index in [0.717, 1.165) is 61.3 Å². The molecule has 7 heteroatoms. The van der Waals surface area contributed by atoms with Gasteiger partial charge >= 0.3 is 0 Å². The molecule has 0 bridgehead atoms. The van der Waals surface area contributed by atoms with Gasteiger partial charge < -0.3 is 15.0 Å². The lowest BCUT2D eigenvalue weighted by molar-refractivity contribution is -0.127. The van der Waals surface area contributed by atoms with Crippen LogP contribution in [0.1, 0.15) is 78.5 Å². The van der Waals surface area contributed by atoms with Gasteiger partial charge in [0, 0.05) is 30.0 Å². The van der Waals surface area contributed by atoms with E-state index in [1.54, 1.807) is 6.20 Å². The Labute approximate surface area is 204 Å². The van der Waals surface area contributed by atoms with Crippen LogP contribution in [0.2, 0.25) is 0 Å². The van der Waals surface area contributed by atoms with Gasteiger partial charge in [-0.15, -0.1) is 0 Å². The van der Waals surface area contributed by atoms with Gasteiger partial charge in [-0.25, -0.2) is 9.97 Å². The molecule has 1 aliphatic rings. The third-order valence-electron chi connectivity index (χ3n) is 6.17. The summed E-state index contributed by atoms with van der Waals surface area (Å²) >= 11 is 0. The van der Waals surface area contributed by atoms with E-state index in [1.807, 2.05) is 50.9 Å². The highest BCUT2D eigenvalue weighted by Crippen LogP contribution is 2.32. The first-order valence-corrected chi connectivity index (χ1v) is 12.5. The molecule has 1 N–H and O–H groups in total. The molecule has 3 rings (SSSR count). The Balaban J connectivity index is 1.95. The zero-order valence-electron chi connectivity index (χ0n) is 21.9. The van der Waals surface area contributed by atoms with E-state index in [4.69, 9.17) is 14.7 Å². The number of aryl methyl sites for hydroxylation is 1. The van der Waals surface area contributed by atoms with Crippen LogP contribution in [-0.4, -0.2) is 51.7 Å². The highest BCUT2D eigenvalue weighted by molar-refractivity contribution is 5.86. The van der Waals surface area contributed by atoms with Gasteiger partial charge in [-0.05, 0) is 72.4 Å². The number of rotatable bonds is 10. The molecule has 0 unspecified atom stereocenters. The predicted octanol–water partition coefficient (Wildman–Crippen LogP) is 4.73. The van der Waals surface area contributed by atoms with Crippen LogP contribution in [0.4, 0.5) is 5.82 Å². The maximum Gasteiger partial charge on any atom is 0.245 e. The Bertz CT molecular complexity index is 969. The molecule has 0 spiro atoms. The van der Waals surface area contributed by atoms with E-state index in [0.29, 0.717) is 5.82 Å². The fourth-order valence-corrected chi connectivity index (χ4v) is 4.26. The van der Waals surface area contributed by atoms with Crippen LogP contribution in [0, 0.1) is 0 Å². The molecule has 0 saturated carbocycles. The number of aromatic nitrogens is 3. The van der Waals surface area contributed by atoms with Crippen LogP contribution in [-0.2, 0) is 22.4 Å². The number of carbonyl (C=O) groups excluding carboxylic acids is 1. The first-order valence-electron chi connectivity index (χ1n) is 12.5. The van der Waals surface area contributed by atoms with Crippen LogP contribution in [0.25, 0.3) is 11.5 Å². The van der Waals surface area contributed by atoms with Gasteiger partial charge in [-0.3, -0.25) is 9.78 Å². The molecular formula is C27H41N5O2. The van der Waals surface area contributed by atoms with Crippen LogP contribution < -0.4 is 10.2 Å². The summed E-state index contributed by atoms with van der Waals surface area (Å²) in [5.74, 6) is 1.33. The molecular weight excluding hydrogens is 426 g/mol. The number of nitrogens with one attached hydrogen (secondary N) is 1. The second-order valence-corrected chi connectivity index (χ2v) is 10.9. The molecule has 2 aromatic rings. The molecule has 0 radical (unpaired) electrons. The second-order valence-electron chi connectivity index (χ2n) is 10.9. The van der Waals surface area contributed by atoms with Crippen molar-refractivity contribution in [2.24, 2.45) is 0 Å². The molecule has 0 fully saturated rings. The monoisotopic (exact) mass is 467 g/mol. The zero-order valence-corrected chi connectivity index (χ0v) is 21.9. The molecule has 1 aliphatic carbocycles. The lowest BCUT2D eigenvalue weighted by Gasteiger charge is -2.35. The topological polar surface area (TPSA) is 80.2 Å². The van der Waals surface area contributed by atoms with E-state index in [1.165, 1.54) is 0 Å². The zero-order chi connectivity index (χ0) is 24.9. The number of amides is 1. The lowest BCUT2D eigenvalue weighted by atomic mass is 10.0. The van der Waals surface area contributed by atoms with Crippen molar-refractivity contribution in [3.8, 4) is 11.5 Å². The Kier molecular flexibility index (Phi) is 8.29. The molecule has 0 saturated heterocycles. The van der Waals surface area contributed by atoms with Crippen molar-refractivity contribution < 1.29 is 9.53 Å². The Hall–Kier alpha value is -2.54. The Morgan fingerprint density at radius 2 is 1.94 bits per heavy atom. The van der Waals surface area contributed by atoms with Crippen LogP contribution in [0.5, 0.6) is 0 Å².